The van der Waals surface area contributed by atoms with Crippen LogP contribution in [-0.4, -0.2) is 35.9 Å². The van der Waals surface area contributed by atoms with Crippen molar-refractivity contribution in [2.75, 3.05) is 5.75 Å². The van der Waals surface area contributed by atoms with Crippen molar-refractivity contribution < 1.29 is 13.2 Å². The molecule has 1 N–H and O–H groups in total. The van der Waals surface area contributed by atoms with Gasteiger partial charge in [0.15, 0.2) is 9.84 Å². The van der Waals surface area contributed by atoms with Crippen molar-refractivity contribution in [3.8, 4) is 0 Å². The summed E-state index contributed by atoms with van der Waals surface area (Å²) in [5.74, 6) is -0.375. The topological polar surface area (TPSA) is 81.1 Å². The van der Waals surface area contributed by atoms with Crippen LogP contribution in [0.1, 0.15) is 18.2 Å². The van der Waals surface area contributed by atoms with Crippen molar-refractivity contribution in [1.82, 2.24) is 15.1 Å². The van der Waals surface area contributed by atoms with Crippen LogP contribution < -0.4 is 5.32 Å². The molecule has 0 aliphatic rings. The molecule has 0 aliphatic heterocycles. The predicted octanol–water partition coefficient (Wildman–Crippen LogP) is 1.25. The van der Waals surface area contributed by atoms with E-state index >= 15 is 0 Å². The maximum atomic E-state index is 12.3. The summed E-state index contributed by atoms with van der Waals surface area (Å²) in [5, 5.41) is 6.83. The van der Waals surface area contributed by atoms with Gasteiger partial charge in [0.25, 0.3) is 0 Å². The van der Waals surface area contributed by atoms with Gasteiger partial charge in [0.05, 0.1) is 22.8 Å². The van der Waals surface area contributed by atoms with Crippen molar-refractivity contribution in [2.45, 2.75) is 31.2 Å². The lowest BCUT2D eigenvalue weighted by Gasteiger charge is -2.14. The smallest absolute Gasteiger partial charge is 0.226 e. The first-order valence-electron chi connectivity index (χ1n) is 7.33. The molecule has 0 radical (unpaired) electrons. The minimum atomic E-state index is -3.43. The van der Waals surface area contributed by atoms with Crippen LogP contribution in [0, 0.1) is 6.92 Å². The van der Waals surface area contributed by atoms with E-state index in [1.165, 1.54) is 0 Å². The summed E-state index contributed by atoms with van der Waals surface area (Å²) >= 11 is 0. The number of benzene rings is 1. The standard InChI is InChI=1S/C16H21N3O3S/c1-12-4-6-15(7-5-12)23(21,22)11-13(2)17-16(20)10-14-8-9-19(3)18-14/h4-9,13H,10-11H2,1-3H3,(H,17,20)/t13-/m0/s1. The lowest BCUT2D eigenvalue weighted by atomic mass is 10.2. The van der Waals surface area contributed by atoms with Crippen molar-refractivity contribution in [2.24, 2.45) is 7.05 Å². The zero-order valence-corrected chi connectivity index (χ0v) is 14.3. The number of carbonyl (C=O) groups excluding carboxylic acids is 1. The van der Waals surface area contributed by atoms with E-state index in [9.17, 15) is 13.2 Å². The van der Waals surface area contributed by atoms with Gasteiger partial charge in [0.2, 0.25) is 5.91 Å². The number of aryl methyl sites for hydroxylation is 2. The Morgan fingerprint density at radius 3 is 2.48 bits per heavy atom. The molecule has 0 saturated carbocycles. The molecule has 23 heavy (non-hydrogen) atoms. The second-order valence-electron chi connectivity index (χ2n) is 5.72. The summed E-state index contributed by atoms with van der Waals surface area (Å²) in [4.78, 5) is 12.2. The van der Waals surface area contributed by atoms with Gasteiger partial charge in [-0.2, -0.15) is 5.10 Å². The Bertz CT molecular complexity index is 779. The summed E-state index contributed by atoms with van der Waals surface area (Å²) in [7, 11) is -1.65. The average molecular weight is 335 g/mol. The van der Waals surface area contributed by atoms with Gasteiger partial charge in [-0.15, -0.1) is 0 Å². The minimum absolute atomic E-state index is 0.135. The highest BCUT2D eigenvalue weighted by molar-refractivity contribution is 7.91. The van der Waals surface area contributed by atoms with E-state index in [1.54, 1.807) is 55.2 Å². The third-order valence-electron chi connectivity index (χ3n) is 3.37. The molecule has 1 atom stereocenters. The number of nitrogens with one attached hydrogen (secondary N) is 1. The molecule has 124 valence electrons. The second kappa shape index (κ2) is 6.95. The summed E-state index contributed by atoms with van der Waals surface area (Å²) in [5.41, 5.74) is 1.65. The molecule has 7 heteroatoms. The number of hydrogen-bond donors (Lipinski definition) is 1. The number of amides is 1. The molecule has 1 aromatic carbocycles. The quantitative estimate of drug-likeness (QED) is 0.861. The first kappa shape index (κ1) is 17.2. The fourth-order valence-corrected chi connectivity index (χ4v) is 3.75. The van der Waals surface area contributed by atoms with Crippen LogP contribution in [0.5, 0.6) is 0 Å². The average Bonchev–Trinajstić information content (AvgIpc) is 2.83. The molecule has 2 aromatic rings. The van der Waals surface area contributed by atoms with Gasteiger partial charge >= 0.3 is 0 Å². The molecule has 0 unspecified atom stereocenters. The van der Waals surface area contributed by atoms with Crippen LogP contribution >= 0.6 is 0 Å². The van der Waals surface area contributed by atoms with Crippen LogP contribution in [0.4, 0.5) is 0 Å². The predicted molar refractivity (Wildman–Crippen MR) is 87.7 cm³/mol. The Morgan fingerprint density at radius 2 is 1.91 bits per heavy atom. The van der Waals surface area contributed by atoms with Gasteiger partial charge in [0, 0.05) is 19.3 Å². The molecule has 0 saturated heterocycles. The molecule has 0 fully saturated rings. The van der Waals surface area contributed by atoms with Crippen LogP contribution in [0.15, 0.2) is 41.4 Å². The van der Waals surface area contributed by atoms with Gasteiger partial charge in [-0.3, -0.25) is 9.48 Å². The van der Waals surface area contributed by atoms with E-state index in [1.807, 2.05) is 6.92 Å². The molecule has 6 nitrogen and oxygen atoms in total. The first-order valence-corrected chi connectivity index (χ1v) is 8.99. The molecule has 0 spiro atoms. The largest absolute Gasteiger partial charge is 0.352 e. The van der Waals surface area contributed by atoms with Gasteiger partial charge in [-0.1, -0.05) is 17.7 Å². The minimum Gasteiger partial charge on any atom is -0.352 e. The number of sulfone groups is 1. The van der Waals surface area contributed by atoms with Crippen molar-refractivity contribution in [3.05, 3.63) is 47.8 Å². The van der Waals surface area contributed by atoms with Crippen LogP contribution in [-0.2, 0) is 28.1 Å². The molecule has 1 aromatic heterocycles. The highest BCUT2D eigenvalue weighted by atomic mass is 32.2. The van der Waals surface area contributed by atoms with Crippen LogP contribution in [0.2, 0.25) is 0 Å². The number of nitrogens with zero attached hydrogens (tertiary/aromatic N) is 2. The molecular weight excluding hydrogens is 314 g/mol. The monoisotopic (exact) mass is 335 g/mol. The lowest BCUT2D eigenvalue weighted by Crippen LogP contribution is -2.38. The van der Waals surface area contributed by atoms with Crippen molar-refractivity contribution in [1.29, 1.82) is 0 Å². The van der Waals surface area contributed by atoms with Crippen LogP contribution in [0.25, 0.3) is 0 Å². The molecule has 2 rings (SSSR count). The Labute approximate surface area is 136 Å². The molecule has 1 amide bonds. The van der Waals surface area contributed by atoms with Crippen molar-refractivity contribution >= 4 is 15.7 Å². The van der Waals surface area contributed by atoms with Gasteiger partial charge in [-0.05, 0) is 32.0 Å². The molecule has 1 heterocycles. The van der Waals surface area contributed by atoms with Crippen LogP contribution in [0.3, 0.4) is 0 Å². The maximum absolute atomic E-state index is 12.3. The highest BCUT2D eigenvalue weighted by Gasteiger charge is 2.20. The van der Waals surface area contributed by atoms with E-state index in [0.29, 0.717) is 5.69 Å². The van der Waals surface area contributed by atoms with E-state index in [4.69, 9.17) is 0 Å². The molecule has 0 aliphatic carbocycles. The normalized spacial score (nSPS) is 12.8. The van der Waals surface area contributed by atoms with Crippen molar-refractivity contribution in [3.63, 3.8) is 0 Å². The van der Waals surface area contributed by atoms with E-state index in [0.717, 1.165) is 5.56 Å². The number of rotatable bonds is 6. The van der Waals surface area contributed by atoms with Gasteiger partial charge in [0.1, 0.15) is 0 Å². The summed E-state index contributed by atoms with van der Waals surface area (Å²) in [6, 6.07) is 7.99. The maximum Gasteiger partial charge on any atom is 0.226 e. The third-order valence-corrected chi connectivity index (χ3v) is 5.30. The summed E-state index contributed by atoms with van der Waals surface area (Å²) < 4.78 is 26.3. The Morgan fingerprint density at radius 1 is 1.26 bits per heavy atom. The number of carbonyl (C=O) groups is 1. The zero-order chi connectivity index (χ0) is 17.0. The highest BCUT2D eigenvalue weighted by Crippen LogP contribution is 2.13. The summed E-state index contributed by atoms with van der Waals surface area (Å²) in [6.45, 7) is 3.58. The molecular formula is C16H21N3O3S. The SMILES string of the molecule is Cc1ccc(S(=O)(=O)C[C@H](C)NC(=O)Cc2ccn(C)n2)cc1. The van der Waals surface area contributed by atoms with E-state index in [-0.39, 0.29) is 23.0 Å². The lowest BCUT2D eigenvalue weighted by molar-refractivity contribution is -0.120. The third kappa shape index (κ3) is 4.92. The Balaban J connectivity index is 1.94. The number of aromatic nitrogens is 2. The number of hydrogen-bond acceptors (Lipinski definition) is 4. The van der Waals surface area contributed by atoms with Gasteiger partial charge in [-0.25, -0.2) is 8.42 Å². The fourth-order valence-electron chi connectivity index (χ4n) is 2.26. The Kier molecular flexibility index (Phi) is 5.20. The fraction of sp³-hybridized carbons (Fsp3) is 0.375. The van der Waals surface area contributed by atoms with Gasteiger partial charge < -0.3 is 5.32 Å². The zero-order valence-electron chi connectivity index (χ0n) is 13.5. The van der Waals surface area contributed by atoms with E-state index < -0.39 is 15.9 Å². The summed E-state index contributed by atoms with van der Waals surface area (Å²) in [6.07, 6.45) is 1.89. The molecule has 0 bridgehead atoms. The Hall–Kier alpha value is -2.15. The second-order valence-corrected chi connectivity index (χ2v) is 7.75. The van der Waals surface area contributed by atoms with E-state index in [2.05, 4.69) is 10.4 Å². The first-order chi connectivity index (χ1) is 10.8.